The van der Waals surface area contributed by atoms with Crippen LogP contribution in [-0.4, -0.2) is 28.1 Å². The summed E-state index contributed by atoms with van der Waals surface area (Å²) in [5, 5.41) is 15.0. The van der Waals surface area contributed by atoms with Crippen molar-refractivity contribution in [3.8, 4) is 22.7 Å². The van der Waals surface area contributed by atoms with Gasteiger partial charge < -0.3 is 9.94 Å². The molecule has 0 radical (unpaired) electrons. The Morgan fingerprint density at radius 2 is 1.88 bits per heavy atom. The number of methoxy groups -OCH3 is 1. The van der Waals surface area contributed by atoms with Crippen molar-refractivity contribution in [1.82, 2.24) is 15.3 Å². The molecule has 3 aromatic rings. The van der Waals surface area contributed by atoms with Gasteiger partial charge in [-0.15, -0.1) is 0 Å². The number of aryl methyl sites for hydroxylation is 1. The van der Waals surface area contributed by atoms with E-state index in [0.717, 1.165) is 47.7 Å². The van der Waals surface area contributed by atoms with E-state index in [1.165, 1.54) is 5.56 Å². The maximum absolute atomic E-state index is 9.39. The minimum Gasteiger partial charge on any atom is -0.497 e. The second-order valence-corrected chi connectivity index (χ2v) is 6.90. The van der Waals surface area contributed by atoms with Crippen molar-refractivity contribution < 1.29 is 9.94 Å². The van der Waals surface area contributed by atoms with E-state index < -0.39 is 0 Å². The molecule has 1 atom stereocenters. The Hall–Kier alpha value is -2.34. The molecule has 1 aliphatic rings. The molecule has 26 heavy (non-hydrogen) atoms. The first-order chi connectivity index (χ1) is 12.7. The van der Waals surface area contributed by atoms with E-state index in [0.29, 0.717) is 5.02 Å². The summed E-state index contributed by atoms with van der Waals surface area (Å²) in [6.07, 6.45) is 2.43. The zero-order valence-electron chi connectivity index (χ0n) is 14.4. The lowest BCUT2D eigenvalue weighted by Gasteiger charge is -2.20. The zero-order chi connectivity index (χ0) is 18.1. The van der Waals surface area contributed by atoms with Crippen LogP contribution in [0.15, 0.2) is 48.5 Å². The number of ether oxygens (including phenoxy) is 1. The van der Waals surface area contributed by atoms with Gasteiger partial charge in [0.1, 0.15) is 5.75 Å². The quantitative estimate of drug-likeness (QED) is 0.681. The van der Waals surface area contributed by atoms with Gasteiger partial charge in [-0.05, 0) is 55.7 Å². The predicted octanol–water partition coefficient (Wildman–Crippen LogP) is 4.04. The van der Waals surface area contributed by atoms with Crippen LogP contribution < -0.4 is 10.2 Å². The molecule has 134 valence electrons. The summed E-state index contributed by atoms with van der Waals surface area (Å²) >= 11 is 6.07. The number of hydrogen-bond donors (Lipinski definition) is 2. The maximum Gasteiger partial charge on any atom is 0.119 e. The molecule has 0 amide bonds. The summed E-state index contributed by atoms with van der Waals surface area (Å²) < 4.78 is 7.24. The number of hydrogen-bond acceptors (Lipinski definition) is 4. The Labute approximate surface area is 157 Å². The first kappa shape index (κ1) is 17.1. The van der Waals surface area contributed by atoms with Crippen LogP contribution in [-0.2, 0) is 12.8 Å². The van der Waals surface area contributed by atoms with Gasteiger partial charge in [0.05, 0.1) is 24.2 Å². The smallest absolute Gasteiger partial charge is 0.119 e. The first-order valence-electron chi connectivity index (χ1n) is 8.60. The summed E-state index contributed by atoms with van der Waals surface area (Å²) in [4.78, 5) is 0. The van der Waals surface area contributed by atoms with E-state index >= 15 is 0 Å². The average Bonchev–Trinajstić information content (AvgIpc) is 3.07. The van der Waals surface area contributed by atoms with Crippen molar-refractivity contribution in [3.63, 3.8) is 0 Å². The van der Waals surface area contributed by atoms with E-state index in [1.807, 2.05) is 53.2 Å². The number of rotatable bonds is 4. The largest absolute Gasteiger partial charge is 0.497 e. The predicted molar refractivity (Wildman–Crippen MR) is 101 cm³/mol. The Bertz CT molecular complexity index is 904. The zero-order valence-corrected chi connectivity index (χ0v) is 15.2. The fourth-order valence-corrected chi connectivity index (χ4v) is 3.62. The van der Waals surface area contributed by atoms with E-state index in [2.05, 4.69) is 5.48 Å². The van der Waals surface area contributed by atoms with Crippen LogP contribution in [0.5, 0.6) is 5.75 Å². The van der Waals surface area contributed by atoms with Crippen molar-refractivity contribution in [2.75, 3.05) is 7.11 Å². The molecule has 0 bridgehead atoms. The van der Waals surface area contributed by atoms with E-state index in [9.17, 15) is 5.21 Å². The van der Waals surface area contributed by atoms with Gasteiger partial charge in [-0.2, -0.15) is 5.10 Å². The van der Waals surface area contributed by atoms with Crippen LogP contribution in [0.4, 0.5) is 0 Å². The van der Waals surface area contributed by atoms with Crippen LogP contribution in [0.3, 0.4) is 0 Å². The highest BCUT2D eigenvalue weighted by atomic mass is 35.5. The summed E-state index contributed by atoms with van der Waals surface area (Å²) in [5.74, 6) is 0.809. The highest BCUT2D eigenvalue weighted by Gasteiger charge is 2.27. The highest BCUT2D eigenvalue weighted by molar-refractivity contribution is 6.30. The van der Waals surface area contributed by atoms with Gasteiger partial charge in [0.2, 0.25) is 0 Å². The van der Waals surface area contributed by atoms with Gasteiger partial charge in [0, 0.05) is 22.2 Å². The number of aromatic nitrogens is 2. The number of hydroxylamine groups is 1. The normalized spacial score (nSPS) is 16.3. The Balaban J connectivity index is 1.87. The lowest BCUT2D eigenvalue weighted by Crippen LogP contribution is -2.31. The van der Waals surface area contributed by atoms with Gasteiger partial charge in [0.25, 0.3) is 0 Å². The Kier molecular flexibility index (Phi) is 4.68. The molecule has 0 saturated carbocycles. The molecule has 0 fully saturated rings. The molecule has 1 aromatic heterocycles. The standard InChI is InChI=1S/C20H20ClN3O2/c1-26-17-9-7-16(8-10-17)24-20(13-2-4-14(21)5-3-13)18-12-15(23-25)6-11-19(18)22-24/h2-5,7-10,15,23,25H,6,11-12H2,1H3. The third-order valence-corrected chi connectivity index (χ3v) is 5.12. The number of nitrogens with zero attached hydrogens (tertiary/aromatic N) is 2. The minimum atomic E-state index is 0.0436. The fourth-order valence-electron chi connectivity index (χ4n) is 3.50. The topological polar surface area (TPSA) is 59.3 Å². The SMILES string of the molecule is COc1ccc(-n2nc3c(c2-c2ccc(Cl)cc2)CC(NO)CC3)cc1. The summed E-state index contributed by atoms with van der Waals surface area (Å²) in [6, 6.07) is 15.7. The van der Waals surface area contributed by atoms with Gasteiger partial charge in [-0.1, -0.05) is 23.7 Å². The summed E-state index contributed by atoms with van der Waals surface area (Å²) in [7, 11) is 1.66. The molecule has 4 rings (SSSR count). The van der Waals surface area contributed by atoms with Crippen molar-refractivity contribution in [1.29, 1.82) is 0 Å². The number of nitrogens with one attached hydrogen (secondary N) is 1. The first-order valence-corrected chi connectivity index (χ1v) is 8.98. The number of halogens is 1. The lowest BCUT2D eigenvalue weighted by atomic mass is 9.90. The van der Waals surface area contributed by atoms with Crippen LogP contribution >= 0.6 is 11.6 Å². The molecular weight excluding hydrogens is 350 g/mol. The average molecular weight is 370 g/mol. The Morgan fingerprint density at radius 1 is 1.15 bits per heavy atom. The molecule has 1 aliphatic carbocycles. The van der Waals surface area contributed by atoms with Gasteiger partial charge >= 0.3 is 0 Å². The third-order valence-electron chi connectivity index (χ3n) is 4.86. The molecule has 2 N–H and O–H groups in total. The maximum atomic E-state index is 9.39. The molecular formula is C20H20ClN3O2. The van der Waals surface area contributed by atoms with Gasteiger partial charge in [-0.25, -0.2) is 10.2 Å². The van der Waals surface area contributed by atoms with Crippen LogP contribution in [0, 0.1) is 0 Å². The molecule has 1 unspecified atom stereocenters. The van der Waals surface area contributed by atoms with Gasteiger partial charge in [0.15, 0.2) is 0 Å². The molecule has 0 spiro atoms. The molecule has 0 saturated heterocycles. The molecule has 6 heteroatoms. The van der Waals surface area contributed by atoms with E-state index in [-0.39, 0.29) is 6.04 Å². The highest BCUT2D eigenvalue weighted by Crippen LogP contribution is 2.34. The third kappa shape index (κ3) is 3.09. The summed E-state index contributed by atoms with van der Waals surface area (Å²) in [5.41, 5.74) is 7.74. The van der Waals surface area contributed by atoms with Crippen molar-refractivity contribution in [2.45, 2.75) is 25.3 Å². The van der Waals surface area contributed by atoms with Crippen molar-refractivity contribution in [2.24, 2.45) is 0 Å². The molecule has 1 heterocycles. The van der Waals surface area contributed by atoms with E-state index in [1.54, 1.807) is 7.11 Å². The molecule has 2 aromatic carbocycles. The molecule has 0 aliphatic heterocycles. The monoisotopic (exact) mass is 369 g/mol. The minimum absolute atomic E-state index is 0.0436. The van der Waals surface area contributed by atoms with Crippen LogP contribution in [0.2, 0.25) is 5.02 Å². The van der Waals surface area contributed by atoms with Crippen LogP contribution in [0.1, 0.15) is 17.7 Å². The Morgan fingerprint density at radius 3 is 2.54 bits per heavy atom. The number of benzene rings is 2. The lowest BCUT2D eigenvalue weighted by molar-refractivity contribution is 0.119. The number of fused-ring (bicyclic) bond motifs is 1. The molecule has 5 nitrogen and oxygen atoms in total. The fraction of sp³-hybridized carbons (Fsp3) is 0.250. The summed E-state index contributed by atoms with van der Waals surface area (Å²) in [6.45, 7) is 0. The van der Waals surface area contributed by atoms with Crippen molar-refractivity contribution in [3.05, 3.63) is 64.8 Å². The van der Waals surface area contributed by atoms with Crippen molar-refractivity contribution >= 4 is 11.6 Å². The second-order valence-electron chi connectivity index (χ2n) is 6.46. The van der Waals surface area contributed by atoms with Gasteiger partial charge in [-0.3, -0.25) is 0 Å². The van der Waals surface area contributed by atoms with E-state index in [4.69, 9.17) is 21.4 Å². The second kappa shape index (κ2) is 7.11. The van der Waals surface area contributed by atoms with Crippen LogP contribution in [0.25, 0.3) is 16.9 Å².